The Balaban J connectivity index is 1.66. The van der Waals surface area contributed by atoms with Crippen molar-refractivity contribution in [3.63, 3.8) is 0 Å². The van der Waals surface area contributed by atoms with Gasteiger partial charge in [0.05, 0.1) is 30.8 Å². The molecule has 6 heteroatoms. The third-order valence-electron chi connectivity index (χ3n) is 8.62. The molecule has 32 heavy (non-hydrogen) atoms. The second kappa shape index (κ2) is 8.45. The number of ether oxygens (including phenoxy) is 2. The van der Waals surface area contributed by atoms with E-state index in [4.69, 9.17) is 13.9 Å². The molecule has 4 rings (SSSR count). The fraction of sp³-hybridized carbons (Fsp3) is 0.808. The second-order valence-corrected chi connectivity index (χ2v) is 14.8. The zero-order chi connectivity index (χ0) is 23.4. The van der Waals surface area contributed by atoms with Crippen LogP contribution in [0.1, 0.15) is 80.1 Å². The van der Waals surface area contributed by atoms with Gasteiger partial charge in [-0.3, -0.25) is 4.79 Å². The molecule has 0 aromatic rings. The molecule has 1 spiro atoms. The van der Waals surface area contributed by atoms with E-state index in [0.29, 0.717) is 25.4 Å². The van der Waals surface area contributed by atoms with Gasteiger partial charge in [0.25, 0.3) is 0 Å². The van der Waals surface area contributed by atoms with E-state index in [-0.39, 0.29) is 23.5 Å². The van der Waals surface area contributed by atoms with Gasteiger partial charge in [-0.15, -0.1) is 0 Å². The maximum Gasteiger partial charge on any atom is 0.188 e. The van der Waals surface area contributed by atoms with Crippen molar-refractivity contribution in [2.24, 2.45) is 17.3 Å². The molecule has 180 valence electrons. The van der Waals surface area contributed by atoms with E-state index in [0.717, 1.165) is 37.7 Å². The van der Waals surface area contributed by atoms with Gasteiger partial charge in [-0.25, -0.2) is 0 Å². The van der Waals surface area contributed by atoms with Crippen LogP contribution in [0.5, 0.6) is 0 Å². The number of fused-ring (bicyclic) bond motifs is 1. The van der Waals surface area contributed by atoms with Crippen LogP contribution in [0.15, 0.2) is 22.8 Å². The van der Waals surface area contributed by atoms with Gasteiger partial charge in [-0.05, 0) is 86.1 Å². The summed E-state index contributed by atoms with van der Waals surface area (Å²) in [5.41, 5.74) is 2.67. The van der Waals surface area contributed by atoms with Gasteiger partial charge in [0, 0.05) is 12.8 Å². The molecule has 0 aromatic heterocycles. The predicted molar refractivity (Wildman–Crippen MR) is 128 cm³/mol. The summed E-state index contributed by atoms with van der Waals surface area (Å²) in [4.78, 5) is 13.4. The van der Waals surface area contributed by atoms with E-state index < -0.39 is 26.6 Å². The first-order valence-electron chi connectivity index (χ1n) is 12.4. The molecular formula is C26H42O5Si. The lowest BCUT2D eigenvalue weighted by molar-refractivity contribution is -0.141. The molecule has 0 radical (unpaired) electrons. The third-order valence-corrected chi connectivity index (χ3v) is 10.3. The molecule has 3 aliphatic carbocycles. The number of aliphatic hydroxyl groups is 1. The van der Waals surface area contributed by atoms with E-state index in [1.807, 2.05) is 0 Å². The smallest absolute Gasteiger partial charge is 0.188 e. The summed E-state index contributed by atoms with van der Waals surface area (Å²) in [6, 6.07) is 0. The van der Waals surface area contributed by atoms with Crippen LogP contribution in [0.4, 0.5) is 0 Å². The predicted octanol–water partition coefficient (Wildman–Crippen LogP) is 4.23. The number of carbonyl (C=O) groups is 1. The molecule has 0 amide bonds. The standard InChI is InChI=1S/C26H42O5Si/c1-23(2,3)32-31-24(4,5)25(6)21(9-10-22(25)28)19-8-7-17-15-26(29-13-14-30-26)12-11-18(17)20(19)16-27/h15,19,21,27H,7-14,16,32H2,1-6H3. The summed E-state index contributed by atoms with van der Waals surface area (Å²) < 4.78 is 18.5. The van der Waals surface area contributed by atoms with Gasteiger partial charge in [0.2, 0.25) is 0 Å². The van der Waals surface area contributed by atoms with Gasteiger partial charge in [0.15, 0.2) is 15.6 Å². The monoisotopic (exact) mass is 462 g/mol. The van der Waals surface area contributed by atoms with E-state index in [1.165, 1.54) is 11.1 Å². The highest BCUT2D eigenvalue weighted by atomic mass is 28.2. The molecule has 1 aliphatic heterocycles. The summed E-state index contributed by atoms with van der Waals surface area (Å²) in [5.74, 6) is 0.193. The average molecular weight is 463 g/mol. The number of hydrogen-bond donors (Lipinski definition) is 1. The molecule has 0 aromatic carbocycles. The highest BCUT2D eigenvalue weighted by molar-refractivity contribution is 6.31. The van der Waals surface area contributed by atoms with Crippen LogP contribution >= 0.6 is 0 Å². The van der Waals surface area contributed by atoms with E-state index in [9.17, 15) is 9.90 Å². The Bertz CT molecular complexity index is 815. The molecule has 4 aliphatic rings. The lowest BCUT2D eigenvalue weighted by atomic mass is 9.59. The lowest BCUT2D eigenvalue weighted by Gasteiger charge is -2.49. The Labute approximate surface area is 195 Å². The van der Waals surface area contributed by atoms with Crippen molar-refractivity contribution in [3.05, 3.63) is 22.8 Å². The minimum absolute atomic E-state index is 0.0604. The molecule has 3 unspecified atom stereocenters. The first-order valence-corrected chi connectivity index (χ1v) is 13.7. The summed E-state index contributed by atoms with van der Waals surface area (Å²) >= 11 is 0. The third kappa shape index (κ3) is 4.11. The van der Waals surface area contributed by atoms with Gasteiger partial charge in [0.1, 0.15) is 5.78 Å². The number of aliphatic hydroxyl groups excluding tert-OH is 1. The summed E-state index contributed by atoms with van der Waals surface area (Å²) in [5, 5.41) is 10.7. The van der Waals surface area contributed by atoms with E-state index >= 15 is 0 Å². The molecule has 3 atom stereocenters. The molecule has 1 heterocycles. The number of hydrogen-bond acceptors (Lipinski definition) is 5. The lowest BCUT2D eigenvalue weighted by Crippen LogP contribution is -2.53. The Hall–Kier alpha value is -0.793. The highest BCUT2D eigenvalue weighted by Gasteiger charge is 2.59. The summed E-state index contributed by atoms with van der Waals surface area (Å²) in [6.45, 7) is 14.4. The minimum Gasteiger partial charge on any atom is -0.418 e. The molecule has 0 bridgehead atoms. The van der Waals surface area contributed by atoms with Crippen molar-refractivity contribution in [2.45, 2.75) is 96.5 Å². The van der Waals surface area contributed by atoms with Crippen LogP contribution < -0.4 is 0 Å². The fourth-order valence-electron chi connectivity index (χ4n) is 6.51. The van der Waals surface area contributed by atoms with E-state index in [2.05, 4.69) is 47.6 Å². The molecule has 2 fully saturated rings. The number of carbonyl (C=O) groups excluding carboxylic acids is 1. The zero-order valence-electron chi connectivity index (χ0n) is 20.9. The minimum atomic E-state index is -0.798. The molecule has 1 saturated heterocycles. The maximum absolute atomic E-state index is 13.4. The maximum atomic E-state index is 13.4. The summed E-state index contributed by atoms with van der Waals surface area (Å²) in [6.07, 6.45) is 7.25. The number of allylic oxidation sites excluding steroid dienone is 2. The van der Waals surface area contributed by atoms with Crippen molar-refractivity contribution in [1.29, 1.82) is 0 Å². The van der Waals surface area contributed by atoms with Crippen molar-refractivity contribution in [1.82, 2.24) is 0 Å². The second-order valence-electron chi connectivity index (χ2n) is 12.1. The van der Waals surface area contributed by atoms with Crippen molar-refractivity contribution >= 4 is 15.5 Å². The van der Waals surface area contributed by atoms with Gasteiger partial charge in [-0.1, -0.05) is 20.8 Å². The topological polar surface area (TPSA) is 65.0 Å². The van der Waals surface area contributed by atoms with Gasteiger partial charge >= 0.3 is 0 Å². The molecule has 1 saturated carbocycles. The average Bonchev–Trinajstić information content (AvgIpc) is 3.30. The number of ketones is 1. The van der Waals surface area contributed by atoms with Crippen LogP contribution in [0.25, 0.3) is 0 Å². The number of Topliss-reactive ketones (excluding diaryl/α,β-unsaturated/α-hetero) is 1. The van der Waals surface area contributed by atoms with Crippen LogP contribution in [0, 0.1) is 17.3 Å². The summed E-state index contributed by atoms with van der Waals surface area (Å²) in [7, 11) is -0.798. The van der Waals surface area contributed by atoms with Crippen molar-refractivity contribution < 1.29 is 23.8 Å². The number of rotatable bonds is 5. The van der Waals surface area contributed by atoms with E-state index in [1.54, 1.807) is 0 Å². The van der Waals surface area contributed by atoms with Gasteiger partial charge in [-0.2, -0.15) is 0 Å². The van der Waals surface area contributed by atoms with Crippen molar-refractivity contribution in [2.75, 3.05) is 19.8 Å². The molecule has 1 N–H and O–H groups in total. The van der Waals surface area contributed by atoms with Crippen molar-refractivity contribution in [3.8, 4) is 0 Å². The van der Waals surface area contributed by atoms with Crippen LogP contribution in [-0.2, 0) is 18.7 Å². The Kier molecular flexibility index (Phi) is 6.43. The Morgan fingerprint density at radius 2 is 1.81 bits per heavy atom. The molecular weight excluding hydrogens is 420 g/mol. The largest absolute Gasteiger partial charge is 0.418 e. The quantitative estimate of drug-likeness (QED) is 0.620. The SMILES string of the molecule is CC(C)(C)[SiH2]OC(C)(C)C1(C)C(=O)CCC1C1CCC2=CC3(CCC2=C1CO)OCCO3. The normalized spacial score (nSPS) is 33.5. The first kappa shape index (κ1) is 24.3. The fourth-order valence-corrected chi connectivity index (χ4v) is 7.61. The van der Waals surface area contributed by atoms with Gasteiger partial charge < -0.3 is 19.0 Å². The zero-order valence-corrected chi connectivity index (χ0v) is 22.3. The molecule has 5 nitrogen and oxygen atoms in total. The highest BCUT2D eigenvalue weighted by Crippen LogP contribution is 2.57. The Morgan fingerprint density at radius 1 is 1.12 bits per heavy atom. The van der Waals surface area contributed by atoms with Crippen LogP contribution in [0.3, 0.4) is 0 Å². The van der Waals surface area contributed by atoms with Crippen LogP contribution in [-0.4, -0.2) is 51.9 Å². The van der Waals surface area contributed by atoms with Crippen LogP contribution in [0.2, 0.25) is 5.04 Å². The Morgan fingerprint density at radius 3 is 2.44 bits per heavy atom. The first-order chi connectivity index (χ1) is 14.9.